The molecule has 2 aromatic rings. The second kappa shape index (κ2) is 8.34. The molecule has 0 spiro atoms. The maximum absolute atomic E-state index is 4.31. The van der Waals surface area contributed by atoms with E-state index in [2.05, 4.69) is 25.9 Å². The molecule has 21 heavy (non-hydrogen) atoms. The Morgan fingerprint density at radius 2 is 1.38 bits per heavy atom. The van der Waals surface area contributed by atoms with E-state index < -0.39 is 0 Å². The Balaban J connectivity index is 0.000000225. The smallest absolute Gasteiger partial charge is 0.227 e. The lowest BCUT2D eigenvalue weighted by Crippen LogP contribution is -2.39. The molecule has 1 aromatic carbocycles. The molecular weight excluding hydrogens is 262 g/mol. The molecule has 3 rings (SSSR count). The fraction of sp³-hybridized carbons (Fsp3) is 0.375. The highest BCUT2D eigenvalue weighted by Crippen LogP contribution is 2.12. The van der Waals surface area contributed by atoms with Gasteiger partial charge in [0.25, 0.3) is 0 Å². The van der Waals surface area contributed by atoms with Gasteiger partial charge in [-0.05, 0) is 32.0 Å². The summed E-state index contributed by atoms with van der Waals surface area (Å²) in [6.07, 6.45) is 0. The van der Waals surface area contributed by atoms with Crippen LogP contribution in [0, 0.1) is 13.8 Å². The van der Waals surface area contributed by atoms with Gasteiger partial charge < -0.3 is 16.0 Å². The number of nitrogens with zero attached hydrogens (tertiary/aromatic N) is 2. The predicted molar refractivity (Wildman–Crippen MR) is 87.0 cm³/mol. The minimum atomic E-state index is 0.652. The van der Waals surface area contributed by atoms with Crippen molar-refractivity contribution in [3.05, 3.63) is 47.8 Å². The molecule has 0 amide bonds. The summed E-state index contributed by atoms with van der Waals surface area (Å²) < 4.78 is 0. The molecule has 0 bridgehead atoms. The summed E-state index contributed by atoms with van der Waals surface area (Å²) in [5.74, 6) is 0.652. The van der Waals surface area contributed by atoms with Gasteiger partial charge in [0.1, 0.15) is 0 Å². The van der Waals surface area contributed by atoms with Crippen molar-refractivity contribution in [2.24, 2.45) is 0 Å². The van der Waals surface area contributed by atoms with Crippen LogP contribution in [0.25, 0.3) is 0 Å². The van der Waals surface area contributed by atoms with Crippen molar-refractivity contribution in [2.45, 2.75) is 13.8 Å². The van der Waals surface area contributed by atoms with E-state index in [9.17, 15) is 0 Å². The predicted octanol–water partition coefficient (Wildman–Crippen LogP) is 2.02. The highest BCUT2D eigenvalue weighted by molar-refractivity contribution is 5.52. The zero-order valence-corrected chi connectivity index (χ0v) is 12.7. The van der Waals surface area contributed by atoms with Gasteiger partial charge in [-0.25, -0.2) is 9.97 Å². The zero-order valence-electron chi connectivity index (χ0n) is 12.7. The molecule has 0 aliphatic carbocycles. The first-order valence-electron chi connectivity index (χ1n) is 7.30. The number of rotatable bonds is 2. The molecule has 1 saturated heterocycles. The van der Waals surface area contributed by atoms with Gasteiger partial charge in [-0.1, -0.05) is 18.2 Å². The Kier molecular flexibility index (Phi) is 6.12. The number of hydrogen-bond donors (Lipinski definition) is 3. The van der Waals surface area contributed by atoms with Crippen molar-refractivity contribution in [1.29, 1.82) is 0 Å². The zero-order chi connectivity index (χ0) is 14.9. The van der Waals surface area contributed by atoms with Crippen LogP contribution in [0.5, 0.6) is 0 Å². The summed E-state index contributed by atoms with van der Waals surface area (Å²) in [4.78, 5) is 8.61. The third-order valence-corrected chi connectivity index (χ3v) is 2.97. The van der Waals surface area contributed by atoms with Crippen LogP contribution in [0.4, 0.5) is 11.6 Å². The van der Waals surface area contributed by atoms with Gasteiger partial charge in [0.15, 0.2) is 0 Å². The summed E-state index contributed by atoms with van der Waals surface area (Å²) in [5, 5.41) is 9.61. The van der Waals surface area contributed by atoms with E-state index in [1.807, 2.05) is 50.2 Å². The first kappa shape index (κ1) is 15.4. The first-order chi connectivity index (χ1) is 10.2. The molecule has 1 aromatic heterocycles. The molecule has 1 aliphatic heterocycles. The number of para-hydroxylation sites is 1. The average Bonchev–Trinajstić information content (AvgIpc) is 2.49. The average molecular weight is 285 g/mol. The topological polar surface area (TPSA) is 61.9 Å². The lowest BCUT2D eigenvalue weighted by Gasteiger charge is -2.11. The van der Waals surface area contributed by atoms with E-state index in [0.717, 1.165) is 43.3 Å². The summed E-state index contributed by atoms with van der Waals surface area (Å²) in [6, 6.07) is 11.9. The normalized spacial score (nSPS) is 14.0. The van der Waals surface area contributed by atoms with Crippen LogP contribution in [0.15, 0.2) is 36.4 Å². The van der Waals surface area contributed by atoms with E-state index in [1.54, 1.807) is 0 Å². The van der Waals surface area contributed by atoms with Crippen LogP contribution in [0.1, 0.15) is 11.4 Å². The van der Waals surface area contributed by atoms with Gasteiger partial charge in [0, 0.05) is 43.3 Å². The van der Waals surface area contributed by atoms with E-state index in [-0.39, 0.29) is 0 Å². The largest absolute Gasteiger partial charge is 0.324 e. The van der Waals surface area contributed by atoms with Crippen LogP contribution in [0.2, 0.25) is 0 Å². The SMILES string of the molecule is C1CNCCN1.Cc1cc(C)nc(Nc2ccccc2)n1. The Hall–Kier alpha value is -1.98. The van der Waals surface area contributed by atoms with Crippen molar-refractivity contribution in [3.8, 4) is 0 Å². The fourth-order valence-corrected chi connectivity index (χ4v) is 2.04. The Morgan fingerprint density at radius 3 is 1.86 bits per heavy atom. The molecule has 3 N–H and O–H groups in total. The van der Waals surface area contributed by atoms with Gasteiger partial charge in [-0.3, -0.25) is 0 Å². The number of hydrogen-bond acceptors (Lipinski definition) is 5. The van der Waals surface area contributed by atoms with E-state index >= 15 is 0 Å². The summed E-state index contributed by atoms with van der Waals surface area (Å²) in [5.41, 5.74) is 2.95. The van der Waals surface area contributed by atoms with E-state index in [1.165, 1.54) is 0 Å². The van der Waals surface area contributed by atoms with Crippen molar-refractivity contribution < 1.29 is 0 Å². The monoisotopic (exact) mass is 285 g/mol. The molecule has 0 atom stereocenters. The molecule has 5 heteroatoms. The fourth-order valence-electron chi connectivity index (χ4n) is 2.04. The number of piperazine rings is 1. The summed E-state index contributed by atoms with van der Waals surface area (Å²) in [6.45, 7) is 8.48. The Labute approximate surface area is 126 Å². The van der Waals surface area contributed by atoms with Crippen LogP contribution in [-0.4, -0.2) is 36.1 Å². The lowest BCUT2D eigenvalue weighted by molar-refractivity contribution is 0.534. The standard InChI is InChI=1S/C12H13N3.C4H10N2/c1-9-8-10(2)14-12(13-9)15-11-6-4-3-5-7-11;1-2-6-4-3-5-1/h3-8H,1-2H3,(H,13,14,15);5-6H,1-4H2. The minimum absolute atomic E-state index is 0.652. The molecule has 1 fully saturated rings. The van der Waals surface area contributed by atoms with Gasteiger partial charge >= 0.3 is 0 Å². The second-order valence-corrected chi connectivity index (χ2v) is 4.97. The van der Waals surface area contributed by atoms with Crippen LogP contribution in [0.3, 0.4) is 0 Å². The van der Waals surface area contributed by atoms with Gasteiger partial charge in [-0.2, -0.15) is 0 Å². The molecule has 0 radical (unpaired) electrons. The Morgan fingerprint density at radius 1 is 0.857 bits per heavy atom. The first-order valence-corrected chi connectivity index (χ1v) is 7.30. The van der Waals surface area contributed by atoms with Crippen molar-refractivity contribution in [1.82, 2.24) is 20.6 Å². The maximum atomic E-state index is 4.31. The van der Waals surface area contributed by atoms with Crippen LogP contribution in [-0.2, 0) is 0 Å². The van der Waals surface area contributed by atoms with Gasteiger partial charge in [0.2, 0.25) is 5.95 Å². The quantitative estimate of drug-likeness (QED) is 0.788. The van der Waals surface area contributed by atoms with E-state index in [0.29, 0.717) is 5.95 Å². The number of aromatic nitrogens is 2. The second-order valence-electron chi connectivity index (χ2n) is 4.97. The molecule has 1 aliphatic rings. The van der Waals surface area contributed by atoms with Crippen molar-refractivity contribution >= 4 is 11.6 Å². The molecule has 2 heterocycles. The van der Waals surface area contributed by atoms with E-state index in [4.69, 9.17) is 0 Å². The summed E-state index contributed by atoms with van der Waals surface area (Å²) in [7, 11) is 0. The highest BCUT2D eigenvalue weighted by Gasteiger charge is 1.99. The number of benzene rings is 1. The number of aryl methyl sites for hydroxylation is 2. The third-order valence-electron chi connectivity index (χ3n) is 2.97. The van der Waals surface area contributed by atoms with Crippen LogP contribution >= 0.6 is 0 Å². The molecule has 0 unspecified atom stereocenters. The molecule has 0 saturated carbocycles. The lowest BCUT2D eigenvalue weighted by atomic mass is 10.3. The van der Waals surface area contributed by atoms with Crippen molar-refractivity contribution in [2.75, 3.05) is 31.5 Å². The maximum Gasteiger partial charge on any atom is 0.227 e. The minimum Gasteiger partial charge on any atom is -0.324 e. The highest BCUT2D eigenvalue weighted by atomic mass is 15.1. The molecule has 5 nitrogen and oxygen atoms in total. The van der Waals surface area contributed by atoms with Gasteiger partial charge in [0.05, 0.1) is 0 Å². The molecule has 112 valence electrons. The number of anilines is 2. The van der Waals surface area contributed by atoms with Gasteiger partial charge in [-0.15, -0.1) is 0 Å². The molecular formula is C16H23N5. The van der Waals surface area contributed by atoms with Crippen molar-refractivity contribution in [3.63, 3.8) is 0 Å². The number of nitrogens with one attached hydrogen (secondary N) is 3. The summed E-state index contributed by atoms with van der Waals surface area (Å²) >= 11 is 0. The van der Waals surface area contributed by atoms with Crippen LogP contribution < -0.4 is 16.0 Å². The third kappa shape index (κ3) is 5.89. The Bertz CT molecular complexity index is 506.